The highest BCUT2D eigenvalue weighted by molar-refractivity contribution is 7.99. The van der Waals surface area contributed by atoms with E-state index in [1.54, 1.807) is 6.20 Å². The molecule has 0 aromatic carbocycles. The molecule has 118 valence electrons. The van der Waals surface area contributed by atoms with E-state index in [9.17, 15) is 9.90 Å². The van der Waals surface area contributed by atoms with E-state index in [4.69, 9.17) is 4.74 Å². The van der Waals surface area contributed by atoms with Crippen LogP contribution in [0.4, 0.5) is 0 Å². The van der Waals surface area contributed by atoms with Gasteiger partial charge >= 0.3 is 0 Å². The number of hydrogen-bond donors (Lipinski definition) is 1. The highest BCUT2D eigenvalue weighted by atomic mass is 32.2. The van der Waals surface area contributed by atoms with E-state index in [1.807, 2.05) is 9.47 Å². The summed E-state index contributed by atoms with van der Waals surface area (Å²) < 4.78 is 7.26. The van der Waals surface area contributed by atoms with Gasteiger partial charge in [-0.05, 0) is 6.42 Å². The molecule has 1 saturated heterocycles. The van der Waals surface area contributed by atoms with Gasteiger partial charge in [0, 0.05) is 19.6 Å². The summed E-state index contributed by atoms with van der Waals surface area (Å²) in [5.41, 5.74) is 0.810. The molecule has 1 aromatic rings. The monoisotopic (exact) mass is 313 g/mol. The number of carbonyl (C=O) groups is 1. The lowest BCUT2D eigenvalue weighted by Crippen LogP contribution is -2.41. The largest absolute Gasteiger partial charge is 0.390 e. The van der Waals surface area contributed by atoms with Crippen molar-refractivity contribution in [1.29, 1.82) is 0 Å². The number of aliphatic hydroxyl groups excluding tert-OH is 1. The Morgan fingerprint density at radius 3 is 2.90 bits per heavy atom. The number of aliphatic hydroxyl groups is 1. The number of amides is 1. The maximum atomic E-state index is 12.1. The summed E-state index contributed by atoms with van der Waals surface area (Å²) in [6.07, 6.45) is 3.81. The molecule has 0 aliphatic carbocycles. The van der Waals surface area contributed by atoms with Gasteiger partial charge in [0.1, 0.15) is 0 Å². The van der Waals surface area contributed by atoms with Crippen molar-refractivity contribution in [2.24, 2.45) is 0 Å². The molecule has 2 rings (SSSR count). The number of imidazole rings is 1. The van der Waals surface area contributed by atoms with Crippen LogP contribution in [0.1, 0.15) is 25.5 Å². The van der Waals surface area contributed by atoms with Crippen LogP contribution in [0, 0.1) is 0 Å². The molecule has 1 aromatic heterocycles. The Balaban J connectivity index is 1.92. The molecular weight excluding hydrogens is 290 g/mol. The Hall–Kier alpha value is -1.05. The molecular formula is C14H23N3O3S. The summed E-state index contributed by atoms with van der Waals surface area (Å²) in [6, 6.07) is 0. The fourth-order valence-electron chi connectivity index (χ4n) is 2.22. The van der Waals surface area contributed by atoms with Crippen LogP contribution in [-0.4, -0.2) is 57.5 Å². The quantitative estimate of drug-likeness (QED) is 0.764. The third kappa shape index (κ3) is 4.46. The molecule has 1 aliphatic heterocycles. The van der Waals surface area contributed by atoms with Gasteiger partial charge in [-0.3, -0.25) is 4.79 Å². The van der Waals surface area contributed by atoms with E-state index in [1.165, 1.54) is 11.8 Å². The number of aromatic nitrogens is 2. The van der Waals surface area contributed by atoms with Gasteiger partial charge in [0.2, 0.25) is 5.91 Å². The SMILES string of the molecule is CCCCn1c(CO)cnc1SCC(=O)N1CCOCC1. The van der Waals surface area contributed by atoms with Gasteiger partial charge in [-0.15, -0.1) is 0 Å². The number of nitrogens with zero attached hydrogens (tertiary/aromatic N) is 3. The van der Waals surface area contributed by atoms with Crippen LogP contribution in [0.2, 0.25) is 0 Å². The van der Waals surface area contributed by atoms with E-state index in [-0.39, 0.29) is 12.5 Å². The summed E-state index contributed by atoms with van der Waals surface area (Å²) in [5.74, 6) is 0.507. The zero-order valence-electron chi connectivity index (χ0n) is 12.5. The van der Waals surface area contributed by atoms with Crippen molar-refractivity contribution < 1.29 is 14.6 Å². The minimum absolute atomic E-state index is 0.0192. The van der Waals surface area contributed by atoms with Crippen molar-refractivity contribution in [1.82, 2.24) is 14.5 Å². The predicted molar refractivity (Wildman–Crippen MR) is 81.2 cm³/mol. The molecule has 6 nitrogen and oxygen atoms in total. The Labute approximate surface area is 129 Å². The molecule has 1 amide bonds. The summed E-state index contributed by atoms with van der Waals surface area (Å²) >= 11 is 1.44. The lowest BCUT2D eigenvalue weighted by Gasteiger charge is -2.26. The van der Waals surface area contributed by atoms with E-state index in [0.29, 0.717) is 32.1 Å². The second kappa shape index (κ2) is 8.41. The van der Waals surface area contributed by atoms with E-state index in [0.717, 1.165) is 30.2 Å². The number of unbranched alkanes of at least 4 members (excludes halogenated alkanes) is 1. The average Bonchev–Trinajstić information content (AvgIpc) is 2.93. The molecule has 1 fully saturated rings. The zero-order chi connectivity index (χ0) is 15.1. The summed E-state index contributed by atoms with van der Waals surface area (Å²) in [5, 5.41) is 10.2. The van der Waals surface area contributed by atoms with E-state index in [2.05, 4.69) is 11.9 Å². The topological polar surface area (TPSA) is 67.6 Å². The fourth-order valence-corrected chi connectivity index (χ4v) is 3.15. The molecule has 0 bridgehead atoms. The number of ether oxygens (including phenoxy) is 1. The first-order valence-corrected chi connectivity index (χ1v) is 8.38. The van der Waals surface area contributed by atoms with Crippen molar-refractivity contribution in [3.63, 3.8) is 0 Å². The van der Waals surface area contributed by atoms with Gasteiger partial charge in [0.05, 0.1) is 37.5 Å². The van der Waals surface area contributed by atoms with Crippen LogP contribution < -0.4 is 0 Å². The van der Waals surface area contributed by atoms with Gasteiger partial charge < -0.3 is 19.3 Å². The van der Waals surface area contributed by atoms with Crippen LogP contribution in [0.3, 0.4) is 0 Å². The highest BCUT2D eigenvalue weighted by Crippen LogP contribution is 2.20. The maximum Gasteiger partial charge on any atom is 0.233 e. The number of hydrogen-bond acceptors (Lipinski definition) is 5. The Morgan fingerprint density at radius 2 is 2.24 bits per heavy atom. The summed E-state index contributed by atoms with van der Waals surface area (Å²) in [6.45, 7) is 5.53. The Morgan fingerprint density at radius 1 is 1.48 bits per heavy atom. The molecule has 21 heavy (non-hydrogen) atoms. The first-order chi connectivity index (χ1) is 10.3. The molecule has 1 N–H and O–H groups in total. The molecule has 0 saturated carbocycles. The normalized spacial score (nSPS) is 15.4. The first kappa shape index (κ1) is 16.3. The second-order valence-electron chi connectivity index (χ2n) is 4.98. The number of thioether (sulfide) groups is 1. The zero-order valence-corrected chi connectivity index (χ0v) is 13.3. The minimum Gasteiger partial charge on any atom is -0.390 e. The van der Waals surface area contributed by atoms with Crippen molar-refractivity contribution in [3.8, 4) is 0 Å². The van der Waals surface area contributed by atoms with E-state index >= 15 is 0 Å². The van der Waals surface area contributed by atoms with Crippen LogP contribution >= 0.6 is 11.8 Å². The molecule has 1 aliphatic rings. The third-order valence-corrected chi connectivity index (χ3v) is 4.46. The second-order valence-corrected chi connectivity index (χ2v) is 5.92. The highest BCUT2D eigenvalue weighted by Gasteiger charge is 2.18. The average molecular weight is 313 g/mol. The van der Waals surface area contributed by atoms with Crippen molar-refractivity contribution in [3.05, 3.63) is 11.9 Å². The lowest BCUT2D eigenvalue weighted by molar-refractivity contribution is -0.132. The molecule has 0 atom stereocenters. The predicted octanol–water partition coefficient (Wildman–Crippen LogP) is 1.13. The molecule has 2 heterocycles. The van der Waals surface area contributed by atoms with Gasteiger partial charge in [-0.2, -0.15) is 0 Å². The van der Waals surface area contributed by atoms with Crippen LogP contribution in [0.5, 0.6) is 0 Å². The number of morpholine rings is 1. The molecule has 7 heteroatoms. The molecule has 0 spiro atoms. The van der Waals surface area contributed by atoms with Gasteiger partial charge in [0.25, 0.3) is 0 Å². The van der Waals surface area contributed by atoms with Crippen LogP contribution in [0.15, 0.2) is 11.4 Å². The van der Waals surface area contributed by atoms with Crippen molar-refractivity contribution in [2.45, 2.75) is 38.1 Å². The standard InChI is InChI=1S/C14H23N3O3S/c1-2-3-4-17-12(10-18)9-15-14(17)21-11-13(19)16-5-7-20-8-6-16/h9,18H,2-8,10-11H2,1H3. The summed E-state index contributed by atoms with van der Waals surface area (Å²) in [4.78, 5) is 18.3. The van der Waals surface area contributed by atoms with Gasteiger partial charge in [-0.1, -0.05) is 25.1 Å². The minimum atomic E-state index is -0.0192. The third-order valence-electron chi connectivity index (χ3n) is 3.49. The Bertz CT molecular complexity index is 458. The van der Waals surface area contributed by atoms with Gasteiger partial charge in [0.15, 0.2) is 5.16 Å². The van der Waals surface area contributed by atoms with E-state index < -0.39 is 0 Å². The van der Waals surface area contributed by atoms with Gasteiger partial charge in [-0.25, -0.2) is 4.98 Å². The molecule has 0 radical (unpaired) electrons. The lowest BCUT2D eigenvalue weighted by atomic mass is 10.3. The molecule has 0 unspecified atom stereocenters. The van der Waals surface area contributed by atoms with Crippen molar-refractivity contribution in [2.75, 3.05) is 32.1 Å². The number of rotatable bonds is 7. The first-order valence-electron chi connectivity index (χ1n) is 7.39. The maximum absolute atomic E-state index is 12.1. The Kier molecular flexibility index (Phi) is 6.53. The van der Waals surface area contributed by atoms with Crippen molar-refractivity contribution >= 4 is 17.7 Å². The summed E-state index contributed by atoms with van der Waals surface area (Å²) in [7, 11) is 0. The van der Waals surface area contributed by atoms with Crippen LogP contribution in [-0.2, 0) is 22.7 Å². The van der Waals surface area contributed by atoms with Crippen LogP contribution in [0.25, 0.3) is 0 Å². The smallest absolute Gasteiger partial charge is 0.233 e. The fraction of sp³-hybridized carbons (Fsp3) is 0.714. The number of carbonyl (C=O) groups excluding carboxylic acids is 1.